The van der Waals surface area contributed by atoms with Crippen molar-refractivity contribution in [1.29, 1.82) is 0 Å². The molecule has 0 bridgehead atoms. The highest BCUT2D eigenvalue weighted by molar-refractivity contribution is 5.69. The van der Waals surface area contributed by atoms with E-state index in [1.54, 1.807) is 0 Å². The van der Waals surface area contributed by atoms with Crippen LogP contribution in [0.15, 0.2) is 0 Å². The molecule has 0 amide bonds. The van der Waals surface area contributed by atoms with E-state index in [4.69, 9.17) is 0 Å². The minimum Gasteiger partial charge on any atom is -0.550 e. The summed E-state index contributed by atoms with van der Waals surface area (Å²) in [6.45, 7) is 1.72. The highest BCUT2D eigenvalue weighted by atomic mass is 16.4. The molecule has 12 N–H and O–H groups in total. The Bertz CT molecular complexity index is 435. The van der Waals surface area contributed by atoms with Crippen molar-refractivity contribution in [3.8, 4) is 0 Å². The Labute approximate surface area is 176 Å². The van der Waals surface area contributed by atoms with E-state index in [1.165, 1.54) is 0 Å². The van der Waals surface area contributed by atoms with E-state index in [0.717, 1.165) is 38.8 Å². The summed E-state index contributed by atoms with van der Waals surface area (Å²) in [5, 5.41) is 39.7. The molecule has 0 unspecified atom stereocenters. The summed E-state index contributed by atoms with van der Waals surface area (Å²) < 4.78 is 0. The third-order valence-electron chi connectivity index (χ3n) is 3.78. The largest absolute Gasteiger partial charge is 0.550 e. The molecule has 0 aromatic rings. The van der Waals surface area contributed by atoms with Crippen molar-refractivity contribution in [2.24, 2.45) is 0 Å². The lowest BCUT2D eigenvalue weighted by atomic mass is 10.1. The normalized spacial score (nSPS) is 11.7. The maximum atomic E-state index is 10.1. The summed E-state index contributed by atoms with van der Waals surface area (Å²) in [5.74, 6) is -4.38. The highest BCUT2D eigenvalue weighted by Crippen LogP contribution is 1.97. The molecule has 12 heteroatoms. The van der Waals surface area contributed by atoms with Crippen LogP contribution in [0.4, 0.5) is 0 Å². The number of hydrogen-bond donors (Lipinski definition) is 4. The number of aliphatic carboxylic acids is 4. The topological polar surface area (TPSA) is 271 Å². The minimum absolute atomic E-state index is 0.0761. The molecule has 0 radical (unpaired) electrons. The van der Waals surface area contributed by atoms with E-state index >= 15 is 0 Å². The molecule has 178 valence electrons. The highest BCUT2D eigenvalue weighted by Gasteiger charge is 2.05. The molecule has 0 spiro atoms. The van der Waals surface area contributed by atoms with Crippen LogP contribution in [0, 0.1) is 0 Å². The van der Waals surface area contributed by atoms with E-state index in [-0.39, 0.29) is 12.8 Å². The SMILES string of the molecule is O=C([O-])CCCCC(=O)[O-].[NH3+]CCCC[C@@H]([NH3+])C(=O)[O-].[NH3+]CCCC[C@H]([NH3+])C(=O)[O-]. The van der Waals surface area contributed by atoms with Gasteiger partial charge in [-0.25, -0.2) is 0 Å². The van der Waals surface area contributed by atoms with Crippen LogP contribution >= 0.6 is 0 Å². The Morgan fingerprint density at radius 2 is 0.867 bits per heavy atom. The molecule has 30 heavy (non-hydrogen) atoms. The first kappa shape index (κ1) is 32.4. The van der Waals surface area contributed by atoms with E-state index in [9.17, 15) is 39.6 Å². The van der Waals surface area contributed by atoms with Crippen molar-refractivity contribution in [1.82, 2.24) is 0 Å². The Balaban J connectivity index is -0.000000364. The number of carboxylic acids is 4. The lowest BCUT2D eigenvalue weighted by Crippen LogP contribution is -2.68. The number of carbonyl (C=O) groups excluding carboxylic acids is 4. The summed E-state index contributed by atoms with van der Waals surface area (Å²) in [5.41, 5.74) is 14.1. The van der Waals surface area contributed by atoms with Crippen LogP contribution in [-0.4, -0.2) is 49.1 Å². The molecule has 0 saturated heterocycles. The molecule has 0 saturated carbocycles. The molecule has 0 fully saturated rings. The Kier molecular flexibility index (Phi) is 24.8. The summed E-state index contributed by atoms with van der Waals surface area (Å²) in [6.07, 6.45) is 5.46. The van der Waals surface area contributed by atoms with Gasteiger partial charge in [0.25, 0.3) is 0 Å². The van der Waals surface area contributed by atoms with Gasteiger partial charge in [0.15, 0.2) is 0 Å². The predicted molar refractivity (Wildman–Crippen MR) is 95.1 cm³/mol. The van der Waals surface area contributed by atoms with Gasteiger partial charge in [0, 0.05) is 24.8 Å². The second-order valence-electron chi connectivity index (χ2n) is 6.68. The van der Waals surface area contributed by atoms with Crippen LogP contribution in [0.1, 0.15) is 64.2 Å². The Hall–Kier alpha value is -2.28. The maximum absolute atomic E-state index is 10.1. The maximum Gasteiger partial charge on any atom is 0.124 e. The number of hydrogen-bond acceptors (Lipinski definition) is 8. The van der Waals surface area contributed by atoms with Crippen LogP contribution in [0.3, 0.4) is 0 Å². The summed E-state index contributed by atoms with van der Waals surface area (Å²) in [4.78, 5) is 39.7. The van der Waals surface area contributed by atoms with Gasteiger partial charge in [0.2, 0.25) is 0 Å². The average molecular weight is 439 g/mol. The minimum atomic E-state index is -1.14. The van der Waals surface area contributed by atoms with Crippen molar-refractivity contribution in [2.45, 2.75) is 76.3 Å². The van der Waals surface area contributed by atoms with Gasteiger partial charge in [-0.2, -0.15) is 0 Å². The first-order chi connectivity index (χ1) is 14.0. The summed E-state index contributed by atoms with van der Waals surface area (Å²) in [7, 11) is 0. The molecule has 0 aliphatic heterocycles. The molecule has 2 atom stereocenters. The van der Waals surface area contributed by atoms with Crippen LogP contribution in [0.25, 0.3) is 0 Å². The molecular formula is C18H38N4O8. The summed E-state index contributed by atoms with van der Waals surface area (Å²) in [6, 6.07) is -1.10. The standard InChI is InChI=1S/2C6H14N2O2.C6H10O4/c2*7-4-2-1-3-5(8)6(9)10;7-5(8)3-1-2-4-6(9)10/h2*5H,1-4,7-8H2,(H,9,10);1-4H2,(H,7,8)(H,9,10)/t2*5-;/m10./s1. The Morgan fingerprint density at radius 3 is 1.07 bits per heavy atom. The van der Waals surface area contributed by atoms with Gasteiger partial charge in [-0.1, -0.05) is 0 Å². The third-order valence-corrected chi connectivity index (χ3v) is 3.78. The first-order valence-electron chi connectivity index (χ1n) is 10.1. The van der Waals surface area contributed by atoms with Crippen LogP contribution in [0.5, 0.6) is 0 Å². The molecule has 0 heterocycles. The zero-order valence-electron chi connectivity index (χ0n) is 17.7. The second-order valence-corrected chi connectivity index (χ2v) is 6.68. The van der Waals surface area contributed by atoms with Gasteiger partial charge in [0.1, 0.15) is 12.1 Å². The zero-order chi connectivity index (χ0) is 23.9. The molecule has 0 aliphatic carbocycles. The van der Waals surface area contributed by atoms with Crippen molar-refractivity contribution in [2.75, 3.05) is 13.1 Å². The number of rotatable bonds is 15. The second kappa shape index (κ2) is 23.0. The molecule has 0 rings (SSSR count). The van der Waals surface area contributed by atoms with Crippen molar-refractivity contribution in [3.05, 3.63) is 0 Å². The van der Waals surface area contributed by atoms with Crippen LogP contribution in [0.2, 0.25) is 0 Å². The lowest BCUT2D eigenvalue weighted by Gasteiger charge is -2.07. The van der Waals surface area contributed by atoms with Gasteiger partial charge < -0.3 is 62.5 Å². The molecule has 12 nitrogen and oxygen atoms in total. The van der Waals surface area contributed by atoms with E-state index in [0.29, 0.717) is 25.7 Å². The summed E-state index contributed by atoms with van der Waals surface area (Å²) >= 11 is 0. The fourth-order valence-electron chi connectivity index (χ4n) is 1.91. The number of unbranched alkanes of at least 4 members (excludes halogenated alkanes) is 3. The van der Waals surface area contributed by atoms with Crippen LogP contribution < -0.4 is 43.4 Å². The third kappa shape index (κ3) is 30.4. The van der Waals surface area contributed by atoms with E-state index in [1.807, 2.05) is 0 Å². The fraction of sp³-hybridized carbons (Fsp3) is 0.778. The molecular weight excluding hydrogens is 400 g/mol. The van der Waals surface area contributed by atoms with Crippen LogP contribution in [-0.2, 0) is 19.2 Å². The van der Waals surface area contributed by atoms with Gasteiger partial charge in [0.05, 0.1) is 25.0 Å². The van der Waals surface area contributed by atoms with Crippen molar-refractivity contribution < 1.29 is 62.5 Å². The molecule has 0 aromatic carbocycles. The van der Waals surface area contributed by atoms with Crippen molar-refractivity contribution >= 4 is 23.9 Å². The Morgan fingerprint density at radius 1 is 0.567 bits per heavy atom. The number of carbonyl (C=O) groups is 4. The van der Waals surface area contributed by atoms with Crippen molar-refractivity contribution in [3.63, 3.8) is 0 Å². The smallest absolute Gasteiger partial charge is 0.124 e. The van der Waals surface area contributed by atoms with Gasteiger partial charge in [-0.15, -0.1) is 0 Å². The monoisotopic (exact) mass is 438 g/mol. The number of carboxylic acid groups (broad SMARTS) is 4. The molecule has 0 aliphatic rings. The lowest BCUT2D eigenvalue weighted by molar-refractivity contribution is -0.439. The van der Waals surface area contributed by atoms with E-state index in [2.05, 4.69) is 22.9 Å². The predicted octanol–water partition coefficient (Wildman–Crippen LogP) is -8.44. The quantitative estimate of drug-likeness (QED) is 0.178. The van der Waals surface area contributed by atoms with Gasteiger partial charge >= 0.3 is 0 Å². The average Bonchev–Trinajstić information content (AvgIpc) is 2.66. The first-order valence-corrected chi connectivity index (χ1v) is 10.1. The molecule has 0 aromatic heterocycles. The number of quaternary nitrogens is 4. The fourth-order valence-corrected chi connectivity index (χ4v) is 1.91. The van der Waals surface area contributed by atoms with E-state index < -0.39 is 36.0 Å². The van der Waals surface area contributed by atoms with Gasteiger partial charge in [-0.3, -0.25) is 0 Å². The van der Waals surface area contributed by atoms with Gasteiger partial charge in [-0.05, 0) is 51.4 Å². The zero-order valence-corrected chi connectivity index (χ0v) is 17.7.